The molecule has 1 aromatic heterocycles. The van der Waals surface area contributed by atoms with Gasteiger partial charge in [-0.05, 0) is 43.2 Å². The minimum absolute atomic E-state index is 0.0962. The van der Waals surface area contributed by atoms with Gasteiger partial charge in [-0.15, -0.1) is 0 Å². The van der Waals surface area contributed by atoms with Crippen LogP contribution >= 0.6 is 0 Å². The number of hydrogen-bond donors (Lipinski definition) is 0. The molecule has 8 nitrogen and oxygen atoms in total. The van der Waals surface area contributed by atoms with Crippen molar-refractivity contribution in [3.8, 4) is 0 Å². The molecule has 1 saturated heterocycles. The van der Waals surface area contributed by atoms with Gasteiger partial charge in [0, 0.05) is 30.1 Å². The van der Waals surface area contributed by atoms with E-state index in [-0.39, 0.29) is 38.5 Å². The number of esters is 1. The van der Waals surface area contributed by atoms with Gasteiger partial charge in [-0.25, -0.2) is 22.4 Å². The first-order valence-corrected chi connectivity index (χ1v) is 11.7. The third-order valence-corrected chi connectivity index (χ3v) is 7.54. The highest BCUT2D eigenvalue weighted by Crippen LogP contribution is 2.25. The van der Waals surface area contributed by atoms with E-state index in [4.69, 9.17) is 13.9 Å². The van der Waals surface area contributed by atoms with Crippen molar-refractivity contribution in [1.82, 2.24) is 4.31 Å². The minimum Gasteiger partial charge on any atom is -0.457 e. The number of halogens is 1. The van der Waals surface area contributed by atoms with Crippen LogP contribution in [0.25, 0.3) is 11.0 Å². The second kappa shape index (κ2) is 9.05. The summed E-state index contributed by atoms with van der Waals surface area (Å²) >= 11 is 0. The van der Waals surface area contributed by atoms with Crippen LogP contribution in [0.15, 0.2) is 50.5 Å². The molecule has 0 radical (unpaired) electrons. The first kappa shape index (κ1) is 23.1. The molecule has 1 aliphatic heterocycles. The van der Waals surface area contributed by atoms with Crippen molar-refractivity contribution in [3.63, 3.8) is 0 Å². The van der Waals surface area contributed by atoms with Gasteiger partial charge < -0.3 is 13.9 Å². The highest BCUT2D eigenvalue weighted by molar-refractivity contribution is 7.89. The van der Waals surface area contributed by atoms with Crippen molar-refractivity contribution in [3.05, 3.63) is 74.9 Å². The Bertz CT molecular complexity index is 1390. The Labute approximate surface area is 189 Å². The molecule has 0 atom stereocenters. The molecule has 0 spiro atoms. The Morgan fingerprint density at radius 3 is 2.58 bits per heavy atom. The van der Waals surface area contributed by atoms with Gasteiger partial charge >= 0.3 is 11.6 Å². The maximum absolute atomic E-state index is 14.4. The number of sulfonamides is 1. The largest absolute Gasteiger partial charge is 0.457 e. The fourth-order valence-electron chi connectivity index (χ4n) is 3.62. The molecule has 2 heterocycles. The Morgan fingerprint density at radius 2 is 1.85 bits per heavy atom. The molecule has 0 saturated carbocycles. The van der Waals surface area contributed by atoms with E-state index in [1.54, 1.807) is 6.07 Å². The predicted octanol–water partition coefficient (Wildman–Crippen LogP) is 2.93. The second-order valence-corrected chi connectivity index (χ2v) is 9.62. The molecule has 0 unspecified atom stereocenters. The van der Waals surface area contributed by atoms with E-state index < -0.39 is 32.3 Å². The molecule has 1 fully saturated rings. The standard InChI is InChI=1S/C23H22FNO7S/c1-14-3-5-18-17(12-21(26)32-22(18)15(14)2)13-31-23(27)16-4-6-19(24)20(11-16)33(28,29)25-7-9-30-10-8-25/h3-6,11-12H,7-10,13H2,1-2H3. The normalized spacial score (nSPS) is 15.0. The summed E-state index contributed by atoms with van der Waals surface area (Å²) in [6.07, 6.45) is 0. The van der Waals surface area contributed by atoms with Crippen molar-refractivity contribution < 1.29 is 31.5 Å². The third-order valence-electron chi connectivity index (χ3n) is 5.63. The van der Waals surface area contributed by atoms with Gasteiger partial charge in [0.05, 0.1) is 18.8 Å². The summed E-state index contributed by atoms with van der Waals surface area (Å²) in [7, 11) is -4.14. The summed E-state index contributed by atoms with van der Waals surface area (Å²) < 4.78 is 57.0. The zero-order valence-corrected chi connectivity index (χ0v) is 18.9. The molecule has 1 aliphatic rings. The van der Waals surface area contributed by atoms with Crippen molar-refractivity contribution in [2.24, 2.45) is 0 Å². The maximum atomic E-state index is 14.4. The average Bonchev–Trinajstić information content (AvgIpc) is 2.80. The fraction of sp³-hybridized carbons (Fsp3) is 0.304. The van der Waals surface area contributed by atoms with Gasteiger partial charge in [-0.3, -0.25) is 0 Å². The second-order valence-electron chi connectivity index (χ2n) is 7.71. The number of benzene rings is 2. The monoisotopic (exact) mass is 475 g/mol. The summed E-state index contributed by atoms with van der Waals surface area (Å²) in [6, 6.07) is 7.92. The van der Waals surface area contributed by atoms with Crippen molar-refractivity contribution in [2.45, 2.75) is 25.3 Å². The van der Waals surface area contributed by atoms with Crippen LogP contribution in [-0.2, 0) is 26.1 Å². The maximum Gasteiger partial charge on any atom is 0.338 e. The molecule has 10 heteroatoms. The van der Waals surface area contributed by atoms with E-state index in [9.17, 15) is 22.4 Å². The van der Waals surface area contributed by atoms with E-state index in [1.165, 1.54) is 6.07 Å². The zero-order chi connectivity index (χ0) is 23.8. The summed E-state index contributed by atoms with van der Waals surface area (Å²) in [5.41, 5.74) is 1.90. The minimum atomic E-state index is -4.14. The summed E-state index contributed by atoms with van der Waals surface area (Å²) in [5.74, 6) is -1.81. The summed E-state index contributed by atoms with van der Waals surface area (Å²) in [4.78, 5) is 24.0. The molecule has 174 valence electrons. The topological polar surface area (TPSA) is 103 Å². The summed E-state index contributed by atoms with van der Waals surface area (Å²) in [5, 5.41) is 0.625. The summed E-state index contributed by atoms with van der Waals surface area (Å²) in [6.45, 7) is 4.08. The molecule has 2 aromatic carbocycles. The number of carbonyl (C=O) groups is 1. The molecule has 3 aromatic rings. The molecule has 0 amide bonds. The SMILES string of the molecule is Cc1ccc2c(COC(=O)c3ccc(F)c(S(=O)(=O)N4CCOCC4)c3)cc(=O)oc2c1C. The van der Waals surface area contributed by atoms with Crippen LogP contribution < -0.4 is 5.63 Å². The van der Waals surface area contributed by atoms with E-state index in [0.29, 0.717) is 16.5 Å². The average molecular weight is 475 g/mol. The van der Waals surface area contributed by atoms with Crippen LogP contribution in [0.4, 0.5) is 4.39 Å². The van der Waals surface area contributed by atoms with Crippen LogP contribution in [0.2, 0.25) is 0 Å². The number of carbonyl (C=O) groups excluding carboxylic acids is 1. The lowest BCUT2D eigenvalue weighted by molar-refractivity contribution is 0.0473. The Hall–Kier alpha value is -3.08. The first-order valence-electron chi connectivity index (χ1n) is 10.3. The fourth-order valence-corrected chi connectivity index (χ4v) is 5.12. The molecular weight excluding hydrogens is 453 g/mol. The quantitative estimate of drug-likeness (QED) is 0.413. The van der Waals surface area contributed by atoms with Crippen LogP contribution in [0.3, 0.4) is 0 Å². The van der Waals surface area contributed by atoms with E-state index in [1.807, 2.05) is 19.9 Å². The number of aryl methyl sites for hydroxylation is 2. The van der Waals surface area contributed by atoms with E-state index >= 15 is 0 Å². The molecule has 33 heavy (non-hydrogen) atoms. The predicted molar refractivity (Wildman–Crippen MR) is 117 cm³/mol. The van der Waals surface area contributed by atoms with Gasteiger partial charge in [0.15, 0.2) is 0 Å². The van der Waals surface area contributed by atoms with Crippen molar-refractivity contribution in [1.29, 1.82) is 0 Å². The number of ether oxygens (including phenoxy) is 2. The number of morpholine rings is 1. The lowest BCUT2D eigenvalue weighted by atomic mass is 10.0. The van der Waals surface area contributed by atoms with Gasteiger partial charge in [-0.1, -0.05) is 12.1 Å². The number of fused-ring (bicyclic) bond motifs is 1. The highest BCUT2D eigenvalue weighted by Gasteiger charge is 2.30. The smallest absolute Gasteiger partial charge is 0.338 e. The van der Waals surface area contributed by atoms with Gasteiger partial charge in [0.25, 0.3) is 0 Å². The first-order chi connectivity index (χ1) is 15.7. The highest BCUT2D eigenvalue weighted by atomic mass is 32.2. The Balaban J connectivity index is 1.60. The number of hydrogen-bond acceptors (Lipinski definition) is 7. The van der Waals surface area contributed by atoms with Gasteiger partial charge in [0.1, 0.15) is 22.9 Å². The van der Waals surface area contributed by atoms with Crippen LogP contribution in [-0.4, -0.2) is 45.0 Å². The number of rotatable bonds is 5. The van der Waals surface area contributed by atoms with Crippen LogP contribution in [0, 0.1) is 19.7 Å². The zero-order valence-electron chi connectivity index (χ0n) is 18.1. The van der Waals surface area contributed by atoms with Crippen LogP contribution in [0.1, 0.15) is 27.0 Å². The Kier molecular flexibility index (Phi) is 6.33. The molecule has 0 bridgehead atoms. The lowest BCUT2D eigenvalue weighted by Crippen LogP contribution is -2.41. The number of nitrogens with zero attached hydrogens (tertiary/aromatic N) is 1. The molecule has 4 rings (SSSR count). The van der Waals surface area contributed by atoms with Gasteiger partial charge in [0.2, 0.25) is 10.0 Å². The molecular formula is C23H22FNO7S. The third kappa shape index (κ3) is 4.54. The molecule has 0 aliphatic carbocycles. The van der Waals surface area contributed by atoms with Crippen molar-refractivity contribution in [2.75, 3.05) is 26.3 Å². The lowest BCUT2D eigenvalue weighted by Gasteiger charge is -2.26. The Morgan fingerprint density at radius 1 is 1.12 bits per heavy atom. The van der Waals surface area contributed by atoms with E-state index in [2.05, 4.69) is 0 Å². The molecule has 0 N–H and O–H groups in total. The van der Waals surface area contributed by atoms with E-state index in [0.717, 1.165) is 33.6 Å². The van der Waals surface area contributed by atoms with Crippen molar-refractivity contribution >= 4 is 27.0 Å². The van der Waals surface area contributed by atoms with Crippen LogP contribution in [0.5, 0.6) is 0 Å². The van der Waals surface area contributed by atoms with Gasteiger partial charge in [-0.2, -0.15) is 4.31 Å².